The van der Waals surface area contributed by atoms with Gasteiger partial charge in [0.25, 0.3) is 5.91 Å². The molecular formula is C13H10F3N3O. The third-order valence-electron chi connectivity index (χ3n) is 2.57. The third-order valence-corrected chi connectivity index (χ3v) is 2.57. The number of hydrogen-bond donors (Lipinski definition) is 3. The topological polar surface area (TPSA) is 67.1 Å². The molecule has 7 heteroatoms. The molecule has 4 nitrogen and oxygen atoms in total. The minimum Gasteiger partial charge on any atom is -0.323 e. The van der Waals surface area contributed by atoms with Gasteiger partial charge in [-0.2, -0.15) is 0 Å². The standard InChI is InChI=1S/C13H10F3N3O/c14-9-5-7(6-10(15)12(9)16)18-13(20)8-3-1-2-4-11(8)19-17/h1-6,19H,17H2,(H,18,20). The Morgan fingerprint density at radius 2 is 1.65 bits per heavy atom. The molecule has 2 rings (SSSR count). The normalized spacial score (nSPS) is 10.2. The molecule has 0 unspecified atom stereocenters. The second-order valence-corrected chi connectivity index (χ2v) is 3.90. The third kappa shape index (κ3) is 2.72. The number of benzene rings is 2. The molecule has 20 heavy (non-hydrogen) atoms. The summed E-state index contributed by atoms with van der Waals surface area (Å²) in [6, 6.07) is 7.66. The first-order chi connectivity index (χ1) is 9.52. The van der Waals surface area contributed by atoms with Crippen LogP contribution < -0.4 is 16.6 Å². The van der Waals surface area contributed by atoms with Crippen molar-refractivity contribution in [3.63, 3.8) is 0 Å². The molecule has 2 aromatic rings. The summed E-state index contributed by atoms with van der Waals surface area (Å²) in [6.07, 6.45) is 0. The van der Waals surface area contributed by atoms with Crippen molar-refractivity contribution in [1.29, 1.82) is 0 Å². The fraction of sp³-hybridized carbons (Fsp3) is 0. The van der Waals surface area contributed by atoms with Crippen molar-refractivity contribution in [3.8, 4) is 0 Å². The summed E-state index contributed by atoms with van der Waals surface area (Å²) in [7, 11) is 0. The molecule has 2 aromatic carbocycles. The van der Waals surface area contributed by atoms with Crippen LogP contribution in [-0.4, -0.2) is 5.91 Å². The Labute approximate surface area is 112 Å². The molecule has 0 aliphatic rings. The lowest BCUT2D eigenvalue weighted by Crippen LogP contribution is -2.17. The predicted molar refractivity (Wildman–Crippen MR) is 68.5 cm³/mol. The maximum atomic E-state index is 13.0. The van der Waals surface area contributed by atoms with Gasteiger partial charge in [-0.05, 0) is 12.1 Å². The highest BCUT2D eigenvalue weighted by Gasteiger charge is 2.14. The van der Waals surface area contributed by atoms with Crippen LogP contribution >= 0.6 is 0 Å². The van der Waals surface area contributed by atoms with Crippen molar-refractivity contribution in [2.75, 3.05) is 10.7 Å². The van der Waals surface area contributed by atoms with Crippen LogP contribution in [0.15, 0.2) is 36.4 Å². The van der Waals surface area contributed by atoms with Crippen molar-refractivity contribution < 1.29 is 18.0 Å². The van der Waals surface area contributed by atoms with Crippen LogP contribution in [0.1, 0.15) is 10.4 Å². The summed E-state index contributed by atoms with van der Waals surface area (Å²) < 4.78 is 38.9. The highest BCUT2D eigenvalue weighted by atomic mass is 19.2. The molecule has 0 heterocycles. The van der Waals surface area contributed by atoms with Crippen LogP contribution in [0.4, 0.5) is 24.5 Å². The number of carbonyl (C=O) groups is 1. The van der Waals surface area contributed by atoms with Gasteiger partial charge in [-0.25, -0.2) is 13.2 Å². The Bertz CT molecular complexity index is 638. The number of nitrogens with two attached hydrogens (primary N) is 1. The van der Waals surface area contributed by atoms with Gasteiger partial charge in [-0.3, -0.25) is 10.6 Å². The molecule has 0 aliphatic carbocycles. The molecule has 1 amide bonds. The number of nitrogen functional groups attached to an aromatic ring is 1. The summed E-state index contributed by atoms with van der Waals surface area (Å²) in [6.45, 7) is 0. The minimum absolute atomic E-state index is 0.181. The quantitative estimate of drug-likeness (QED) is 0.460. The lowest BCUT2D eigenvalue weighted by atomic mass is 10.1. The summed E-state index contributed by atoms with van der Waals surface area (Å²) in [5.74, 6) is 0.257. The smallest absolute Gasteiger partial charge is 0.257 e. The zero-order valence-corrected chi connectivity index (χ0v) is 10.1. The molecule has 0 aromatic heterocycles. The number of halogens is 3. The zero-order chi connectivity index (χ0) is 14.7. The summed E-state index contributed by atoms with van der Waals surface area (Å²) >= 11 is 0. The van der Waals surface area contributed by atoms with E-state index in [1.807, 2.05) is 0 Å². The zero-order valence-electron chi connectivity index (χ0n) is 10.1. The largest absolute Gasteiger partial charge is 0.323 e. The average Bonchev–Trinajstić information content (AvgIpc) is 2.44. The molecule has 4 N–H and O–H groups in total. The van der Waals surface area contributed by atoms with E-state index >= 15 is 0 Å². The van der Waals surface area contributed by atoms with E-state index in [0.717, 1.165) is 0 Å². The van der Waals surface area contributed by atoms with Crippen LogP contribution in [0, 0.1) is 17.5 Å². The maximum absolute atomic E-state index is 13.0. The predicted octanol–water partition coefficient (Wildman–Crippen LogP) is 2.64. The second kappa shape index (κ2) is 5.62. The van der Waals surface area contributed by atoms with E-state index in [2.05, 4.69) is 10.7 Å². The Hall–Kier alpha value is -2.54. The van der Waals surface area contributed by atoms with Crippen LogP contribution in [0.3, 0.4) is 0 Å². The first kappa shape index (κ1) is 13.9. The van der Waals surface area contributed by atoms with Crippen molar-refractivity contribution in [3.05, 3.63) is 59.4 Å². The number of nitrogens with one attached hydrogen (secondary N) is 2. The summed E-state index contributed by atoms with van der Waals surface area (Å²) in [5, 5.41) is 2.26. The molecule has 0 spiro atoms. The van der Waals surface area contributed by atoms with Crippen LogP contribution in [0.5, 0.6) is 0 Å². The van der Waals surface area contributed by atoms with Gasteiger partial charge in [-0.1, -0.05) is 12.1 Å². The highest BCUT2D eigenvalue weighted by molar-refractivity contribution is 6.07. The molecule has 0 aliphatic heterocycles. The van der Waals surface area contributed by atoms with E-state index in [-0.39, 0.29) is 11.3 Å². The first-order valence-corrected chi connectivity index (χ1v) is 5.54. The van der Waals surface area contributed by atoms with Gasteiger partial charge in [-0.15, -0.1) is 0 Å². The van der Waals surface area contributed by atoms with Gasteiger partial charge in [0.15, 0.2) is 17.5 Å². The highest BCUT2D eigenvalue weighted by Crippen LogP contribution is 2.20. The summed E-state index contributed by atoms with van der Waals surface area (Å²) in [5.41, 5.74) is 2.65. The number of hydrogen-bond acceptors (Lipinski definition) is 3. The fourth-order valence-corrected chi connectivity index (χ4v) is 1.63. The number of para-hydroxylation sites is 1. The Morgan fingerprint density at radius 3 is 2.25 bits per heavy atom. The van der Waals surface area contributed by atoms with Gasteiger partial charge in [0.1, 0.15) is 0 Å². The molecule has 0 bridgehead atoms. The van der Waals surface area contributed by atoms with Gasteiger partial charge >= 0.3 is 0 Å². The van der Waals surface area contributed by atoms with E-state index in [1.54, 1.807) is 18.2 Å². The lowest BCUT2D eigenvalue weighted by Gasteiger charge is -2.10. The molecule has 0 saturated carbocycles. The molecule has 0 radical (unpaired) electrons. The molecule has 0 atom stereocenters. The van der Waals surface area contributed by atoms with Crippen molar-refractivity contribution >= 4 is 17.3 Å². The number of carbonyl (C=O) groups excluding carboxylic acids is 1. The van der Waals surface area contributed by atoms with Crippen LogP contribution in [0.25, 0.3) is 0 Å². The monoisotopic (exact) mass is 281 g/mol. The van der Waals surface area contributed by atoms with Crippen molar-refractivity contribution in [2.45, 2.75) is 0 Å². The molecular weight excluding hydrogens is 271 g/mol. The Morgan fingerprint density at radius 1 is 1.05 bits per heavy atom. The molecule has 104 valence electrons. The summed E-state index contributed by atoms with van der Waals surface area (Å²) in [4.78, 5) is 12.0. The number of anilines is 2. The Balaban J connectivity index is 2.28. The molecule has 0 fully saturated rings. The average molecular weight is 281 g/mol. The van der Waals surface area contributed by atoms with Gasteiger partial charge in [0.05, 0.1) is 11.3 Å². The van der Waals surface area contributed by atoms with E-state index in [9.17, 15) is 18.0 Å². The number of hydrazine groups is 1. The SMILES string of the molecule is NNc1ccccc1C(=O)Nc1cc(F)c(F)c(F)c1. The number of rotatable bonds is 3. The van der Waals surface area contributed by atoms with E-state index in [1.165, 1.54) is 6.07 Å². The maximum Gasteiger partial charge on any atom is 0.257 e. The number of amides is 1. The fourth-order valence-electron chi connectivity index (χ4n) is 1.63. The minimum atomic E-state index is -1.59. The van der Waals surface area contributed by atoms with Gasteiger partial charge in [0.2, 0.25) is 0 Å². The van der Waals surface area contributed by atoms with E-state index in [4.69, 9.17) is 5.84 Å². The van der Waals surface area contributed by atoms with E-state index in [0.29, 0.717) is 17.8 Å². The first-order valence-electron chi connectivity index (χ1n) is 5.54. The lowest BCUT2D eigenvalue weighted by molar-refractivity contribution is 0.102. The van der Waals surface area contributed by atoms with Crippen LogP contribution in [0.2, 0.25) is 0 Å². The van der Waals surface area contributed by atoms with E-state index < -0.39 is 23.4 Å². The second-order valence-electron chi connectivity index (χ2n) is 3.90. The van der Waals surface area contributed by atoms with Crippen molar-refractivity contribution in [1.82, 2.24) is 0 Å². The van der Waals surface area contributed by atoms with Gasteiger partial charge < -0.3 is 10.7 Å². The van der Waals surface area contributed by atoms with Crippen molar-refractivity contribution in [2.24, 2.45) is 5.84 Å². The van der Waals surface area contributed by atoms with Crippen LogP contribution in [-0.2, 0) is 0 Å². The van der Waals surface area contributed by atoms with Gasteiger partial charge in [0, 0.05) is 17.8 Å². The Kier molecular flexibility index (Phi) is 3.90. The molecule has 0 saturated heterocycles.